The summed E-state index contributed by atoms with van der Waals surface area (Å²) in [5.74, 6) is 0.725. The number of ether oxygens (including phenoxy) is 1. The van der Waals surface area contributed by atoms with Crippen LogP contribution in [0.25, 0.3) is 22.4 Å². The Morgan fingerprint density at radius 2 is 1.87 bits per heavy atom. The summed E-state index contributed by atoms with van der Waals surface area (Å²) in [6, 6.07) is 12.1. The summed E-state index contributed by atoms with van der Waals surface area (Å²) in [7, 11) is -3.94. The van der Waals surface area contributed by atoms with Gasteiger partial charge in [-0.2, -0.15) is 8.42 Å². The molecule has 2 aromatic carbocycles. The normalized spacial score (nSPS) is 11.4. The molecule has 1 amide bonds. The van der Waals surface area contributed by atoms with E-state index in [1.165, 1.54) is 30.5 Å². The van der Waals surface area contributed by atoms with E-state index < -0.39 is 16.1 Å². The second-order valence-electron chi connectivity index (χ2n) is 6.30. The first-order chi connectivity index (χ1) is 14.7. The lowest BCUT2D eigenvalue weighted by Gasteiger charge is -2.08. The minimum absolute atomic E-state index is 0.185. The highest BCUT2D eigenvalue weighted by Gasteiger charge is 2.17. The first kappa shape index (κ1) is 20.9. The van der Waals surface area contributed by atoms with Gasteiger partial charge in [-0.25, -0.2) is 14.8 Å². The molecule has 9 nitrogen and oxygen atoms in total. The van der Waals surface area contributed by atoms with E-state index in [0.29, 0.717) is 27.4 Å². The highest BCUT2D eigenvalue weighted by molar-refractivity contribution is 7.92. The van der Waals surface area contributed by atoms with Crippen LogP contribution in [0.15, 0.2) is 59.8 Å². The zero-order chi connectivity index (χ0) is 22.2. The van der Waals surface area contributed by atoms with E-state index in [9.17, 15) is 13.2 Å². The van der Waals surface area contributed by atoms with Gasteiger partial charge in [0.2, 0.25) is 0 Å². The Kier molecular flexibility index (Phi) is 5.44. The first-order valence-electron chi connectivity index (χ1n) is 8.63. The molecule has 0 aliphatic rings. The van der Waals surface area contributed by atoms with E-state index in [4.69, 9.17) is 33.7 Å². The Balaban J connectivity index is 1.58. The van der Waals surface area contributed by atoms with E-state index in [2.05, 4.69) is 19.7 Å². The number of pyridine rings is 1. The number of carbonyl (C=O) groups is 1. The van der Waals surface area contributed by atoms with Crippen LogP contribution in [0.5, 0.6) is 5.75 Å². The molecule has 0 aliphatic heterocycles. The van der Waals surface area contributed by atoms with Crippen molar-refractivity contribution in [3.63, 3.8) is 0 Å². The topological polar surface area (TPSA) is 140 Å². The molecule has 0 atom stereocenters. The summed E-state index contributed by atoms with van der Waals surface area (Å²) in [6.07, 6.45) is 0.455. The summed E-state index contributed by atoms with van der Waals surface area (Å²) in [5.41, 5.74) is 7.05. The van der Waals surface area contributed by atoms with Crippen molar-refractivity contribution < 1.29 is 17.9 Å². The maximum atomic E-state index is 12.6. The van der Waals surface area contributed by atoms with Crippen molar-refractivity contribution in [2.45, 2.75) is 5.03 Å². The van der Waals surface area contributed by atoms with Gasteiger partial charge in [0.1, 0.15) is 11.6 Å². The Labute approximate surface area is 186 Å². The summed E-state index contributed by atoms with van der Waals surface area (Å²) in [6.45, 7) is 0. The maximum absolute atomic E-state index is 12.6. The highest BCUT2D eigenvalue weighted by atomic mass is 35.5. The van der Waals surface area contributed by atoms with Crippen LogP contribution in [-0.4, -0.2) is 29.5 Å². The Morgan fingerprint density at radius 1 is 1.06 bits per heavy atom. The van der Waals surface area contributed by atoms with Gasteiger partial charge in [0, 0.05) is 17.8 Å². The van der Waals surface area contributed by atoms with Crippen molar-refractivity contribution in [3.8, 4) is 17.1 Å². The van der Waals surface area contributed by atoms with Crippen molar-refractivity contribution in [2.24, 2.45) is 5.73 Å². The molecular weight excluding hydrogens is 465 g/mol. The molecular formula is C19H13Cl2N5O4S. The van der Waals surface area contributed by atoms with E-state index in [1.807, 2.05) is 0 Å². The van der Waals surface area contributed by atoms with E-state index >= 15 is 0 Å². The van der Waals surface area contributed by atoms with Crippen LogP contribution in [0, 0.1) is 0 Å². The van der Waals surface area contributed by atoms with Crippen molar-refractivity contribution in [1.82, 2.24) is 15.0 Å². The molecule has 2 heterocycles. The van der Waals surface area contributed by atoms with Crippen LogP contribution in [0.3, 0.4) is 0 Å². The third-order valence-corrected chi connectivity index (χ3v) is 6.16. The molecule has 0 saturated heterocycles. The molecule has 12 heteroatoms. The molecule has 4 N–H and O–H groups in total. The van der Waals surface area contributed by atoms with Gasteiger partial charge in [-0.05, 0) is 42.5 Å². The summed E-state index contributed by atoms with van der Waals surface area (Å²) < 4.78 is 32.4. The van der Waals surface area contributed by atoms with Gasteiger partial charge < -0.3 is 15.5 Å². The van der Waals surface area contributed by atoms with Gasteiger partial charge in [0.05, 0.1) is 26.8 Å². The van der Waals surface area contributed by atoms with E-state index in [1.54, 1.807) is 24.3 Å². The standard InChI is InChI=1S/C19H13Cl2N5O4S/c20-13-4-2-11(7-14(13)21)26-31(28,29)17-6-1-10(9-23-17)18-24-15-5-3-12(30-19(22)27)8-16(15)25-18/h1-9,26H,(H2,22,27)(H,24,25). The average molecular weight is 478 g/mol. The number of primary amides is 1. The van der Waals surface area contributed by atoms with Gasteiger partial charge >= 0.3 is 6.09 Å². The predicted molar refractivity (Wildman–Crippen MR) is 117 cm³/mol. The fourth-order valence-corrected chi connectivity index (χ4v) is 4.03. The fraction of sp³-hybridized carbons (Fsp3) is 0. The zero-order valence-corrected chi connectivity index (χ0v) is 17.8. The van der Waals surface area contributed by atoms with Crippen LogP contribution >= 0.6 is 23.2 Å². The van der Waals surface area contributed by atoms with Crippen LogP contribution in [0.1, 0.15) is 0 Å². The Hall–Kier alpha value is -3.34. The summed E-state index contributed by atoms with van der Waals surface area (Å²) in [4.78, 5) is 22.4. The first-order valence-corrected chi connectivity index (χ1v) is 10.9. The molecule has 0 radical (unpaired) electrons. The van der Waals surface area contributed by atoms with Gasteiger partial charge in [-0.15, -0.1) is 0 Å². The number of hydrogen-bond acceptors (Lipinski definition) is 6. The number of rotatable bonds is 5. The van der Waals surface area contributed by atoms with Crippen molar-refractivity contribution in [1.29, 1.82) is 0 Å². The summed E-state index contributed by atoms with van der Waals surface area (Å²) >= 11 is 11.8. The van der Waals surface area contributed by atoms with Crippen molar-refractivity contribution in [3.05, 3.63) is 64.8 Å². The number of amides is 1. The monoisotopic (exact) mass is 477 g/mol. The number of carbonyl (C=O) groups excluding carboxylic acids is 1. The molecule has 31 heavy (non-hydrogen) atoms. The second kappa shape index (κ2) is 8.06. The SMILES string of the molecule is NC(=O)Oc1ccc2nc(-c3ccc(S(=O)(=O)Nc4ccc(Cl)c(Cl)c4)nc3)[nH]c2c1. The number of nitrogens with one attached hydrogen (secondary N) is 2. The molecule has 0 unspecified atom stereocenters. The lowest BCUT2D eigenvalue weighted by Crippen LogP contribution is -2.16. The quantitative estimate of drug-likeness (QED) is 0.393. The molecule has 4 rings (SSSR count). The molecule has 0 saturated carbocycles. The lowest BCUT2D eigenvalue weighted by molar-refractivity contribution is 0.211. The number of aromatic nitrogens is 3. The number of sulfonamides is 1. The van der Waals surface area contributed by atoms with Gasteiger partial charge in [0.15, 0.2) is 5.03 Å². The number of imidazole rings is 1. The predicted octanol–water partition coefficient (Wildman–Crippen LogP) is 4.19. The molecule has 158 valence electrons. The highest BCUT2D eigenvalue weighted by Crippen LogP contribution is 2.27. The maximum Gasteiger partial charge on any atom is 0.409 e. The number of aromatic amines is 1. The smallest absolute Gasteiger partial charge is 0.409 e. The second-order valence-corrected chi connectivity index (χ2v) is 8.75. The van der Waals surface area contributed by atoms with E-state index in [0.717, 1.165) is 0 Å². The Morgan fingerprint density at radius 3 is 2.55 bits per heavy atom. The Bertz CT molecular complexity index is 1400. The van der Waals surface area contributed by atoms with Crippen molar-refractivity contribution in [2.75, 3.05) is 4.72 Å². The fourth-order valence-electron chi connectivity index (χ4n) is 2.75. The number of halogens is 2. The van der Waals surface area contributed by atoms with Gasteiger partial charge in [-0.1, -0.05) is 23.2 Å². The number of nitrogens with zero attached hydrogens (tertiary/aromatic N) is 2. The molecule has 4 aromatic rings. The average Bonchev–Trinajstić information content (AvgIpc) is 3.13. The number of hydrogen-bond donors (Lipinski definition) is 3. The largest absolute Gasteiger partial charge is 0.410 e. The molecule has 2 aromatic heterocycles. The van der Waals surface area contributed by atoms with Crippen LogP contribution < -0.4 is 15.2 Å². The van der Waals surface area contributed by atoms with Gasteiger partial charge in [0.25, 0.3) is 10.0 Å². The summed E-state index contributed by atoms with van der Waals surface area (Å²) in [5, 5.41) is 0.348. The minimum atomic E-state index is -3.94. The molecule has 0 spiro atoms. The third kappa shape index (κ3) is 4.55. The molecule has 0 fully saturated rings. The number of benzene rings is 2. The number of H-pyrrole nitrogens is 1. The molecule has 0 bridgehead atoms. The number of nitrogens with two attached hydrogens (primary N) is 1. The minimum Gasteiger partial charge on any atom is -0.410 e. The number of anilines is 1. The third-order valence-electron chi connectivity index (χ3n) is 4.13. The van der Waals surface area contributed by atoms with Gasteiger partial charge in [-0.3, -0.25) is 4.72 Å². The van der Waals surface area contributed by atoms with Crippen LogP contribution in [-0.2, 0) is 10.0 Å². The van der Waals surface area contributed by atoms with Crippen molar-refractivity contribution >= 4 is 56.0 Å². The lowest BCUT2D eigenvalue weighted by atomic mass is 10.3. The van der Waals surface area contributed by atoms with Crippen LogP contribution in [0.2, 0.25) is 10.0 Å². The number of fused-ring (bicyclic) bond motifs is 1. The molecule has 0 aliphatic carbocycles. The van der Waals surface area contributed by atoms with Crippen LogP contribution in [0.4, 0.5) is 10.5 Å². The zero-order valence-electron chi connectivity index (χ0n) is 15.5. The van der Waals surface area contributed by atoms with E-state index in [-0.39, 0.29) is 21.5 Å².